The van der Waals surface area contributed by atoms with E-state index in [1.807, 2.05) is 0 Å². The SMILES string of the molecule is O=[N+]([O-])c1c(Cl)cccc1OCC1CCCNC1. The summed E-state index contributed by atoms with van der Waals surface area (Å²) in [4.78, 5) is 10.4. The maximum Gasteiger partial charge on any atom is 0.329 e. The van der Waals surface area contributed by atoms with Crippen molar-refractivity contribution in [2.75, 3.05) is 19.7 Å². The van der Waals surface area contributed by atoms with Crippen LogP contribution in [0.15, 0.2) is 18.2 Å². The molecule has 18 heavy (non-hydrogen) atoms. The molecular weight excluding hydrogens is 256 g/mol. The molecular formula is C12H15ClN2O3. The Morgan fingerprint density at radius 3 is 3.06 bits per heavy atom. The van der Waals surface area contributed by atoms with Crippen molar-refractivity contribution in [1.82, 2.24) is 5.32 Å². The molecule has 0 bridgehead atoms. The van der Waals surface area contributed by atoms with Gasteiger partial charge in [-0.15, -0.1) is 0 Å². The molecule has 6 heteroatoms. The molecule has 1 fully saturated rings. The number of rotatable bonds is 4. The molecule has 0 saturated carbocycles. The van der Waals surface area contributed by atoms with E-state index in [0.717, 1.165) is 25.9 Å². The van der Waals surface area contributed by atoms with Crippen LogP contribution in [0.1, 0.15) is 12.8 Å². The summed E-state index contributed by atoms with van der Waals surface area (Å²) in [5.41, 5.74) is -0.150. The number of hydrogen-bond acceptors (Lipinski definition) is 4. The lowest BCUT2D eigenvalue weighted by molar-refractivity contribution is -0.385. The third-order valence-electron chi connectivity index (χ3n) is 3.01. The van der Waals surface area contributed by atoms with Gasteiger partial charge in [0, 0.05) is 12.5 Å². The van der Waals surface area contributed by atoms with Gasteiger partial charge in [0.15, 0.2) is 5.75 Å². The van der Waals surface area contributed by atoms with E-state index in [9.17, 15) is 10.1 Å². The lowest BCUT2D eigenvalue weighted by Gasteiger charge is -2.22. The minimum absolute atomic E-state index is 0.110. The van der Waals surface area contributed by atoms with Crippen molar-refractivity contribution >= 4 is 17.3 Å². The van der Waals surface area contributed by atoms with Gasteiger partial charge in [0.2, 0.25) is 0 Å². The van der Waals surface area contributed by atoms with Crippen LogP contribution in [0.5, 0.6) is 5.75 Å². The molecule has 1 heterocycles. The van der Waals surface area contributed by atoms with Crippen LogP contribution in [-0.4, -0.2) is 24.6 Å². The third kappa shape index (κ3) is 3.11. The normalized spacial score (nSPS) is 19.5. The van der Waals surface area contributed by atoms with Gasteiger partial charge in [-0.3, -0.25) is 10.1 Å². The number of nitrogens with zero attached hydrogens (tertiary/aromatic N) is 1. The molecule has 1 aromatic rings. The van der Waals surface area contributed by atoms with Crippen molar-refractivity contribution in [3.05, 3.63) is 33.3 Å². The molecule has 0 aliphatic carbocycles. The Labute approximate surface area is 110 Å². The van der Waals surface area contributed by atoms with Gasteiger partial charge in [0.1, 0.15) is 5.02 Å². The average molecular weight is 271 g/mol. The molecule has 0 spiro atoms. The zero-order chi connectivity index (χ0) is 13.0. The fourth-order valence-corrected chi connectivity index (χ4v) is 2.30. The highest BCUT2D eigenvalue weighted by Gasteiger charge is 2.21. The number of para-hydroxylation sites is 1. The quantitative estimate of drug-likeness (QED) is 0.675. The van der Waals surface area contributed by atoms with Crippen LogP contribution < -0.4 is 10.1 Å². The fraction of sp³-hybridized carbons (Fsp3) is 0.500. The van der Waals surface area contributed by atoms with Crippen LogP contribution in [0.4, 0.5) is 5.69 Å². The number of nitrogens with one attached hydrogen (secondary N) is 1. The largest absolute Gasteiger partial charge is 0.486 e. The third-order valence-corrected chi connectivity index (χ3v) is 3.31. The van der Waals surface area contributed by atoms with Crippen molar-refractivity contribution in [2.45, 2.75) is 12.8 Å². The van der Waals surface area contributed by atoms with E-state index in [4.69, 9.17) is 16.3 Å². The van der Waals surface area contributed by atoms with E-state index in [-0.39, 0.29) is 16.5 Å². The summed E-state index contributed by atoms with van der Waals surface area (Å²) >= 11 is 5.81. The first-order chi connectivity index (χ1) is 8.68. The number of hydrogen-bond donors (Lipinski definition) is 1. The van der Waals surface area contributed by atoms with Crippen molar-refractivity contribution in [3.63, 3.8) is 0 Å². The molecule has 1 aliphatic heterocycles. The standard InChI is InChI=1S/C12H15ClN2O3/c13-10-4-1-5-11(12(10)15(16)17)18-8-9-3-2-6-14-7-9/h1,4-5,9,14H,2-3,6-8H2. The van der Waals surface area contributed by atoms with Gasteiger partial charge in [-0.05, 0) is 31.5 Å². The van der Waals surface area contributed by atoms with E-state index in [2.05, 4.69) is 5.32 Å². The number of ether oxygens (including phenoxy) is 1. The van der Waals surface area contributed by atoms with Crippen molar-refractivity contribution in [1.29, 1.82) is 0 Å². The van der Waals surface area contributed by atoms with Gasteiger partial charge in [-0.2, -0.15) is 0 Å². The van der Waals surface area contributed by atoms with Crippen LogP contribution in [0.3, 0.4) is 0 Å². The summed E-state index contributed by atoms with van der Waals surface area (Å²) < 4.78 is 5.55. The van der Waals surface area contributed by atoms with Crippen LogP contribution in [0.25, 0.3) is 0 Å². The lowest BCUT2D eigenvalue weighted by Crippen LogP contribution is -2.33. The predicted molar refractivity (Wildman–Crippen MR) is 69.2 cm³/mol. The molecule has 1 N–H and O–H groups in total. The second-order valence-corrected chi connectivity index (χ2v) is 4.77. The number of nitro benzene ring substituents is 1. The minimum atomic E-state index is -0.503. The van der Waals surface area contributed by atoms with Crippen LogP contribution in [-0.2, 0) is 0 Å². The Morgan fingerprint density at radius 2 is 2.39 bits per heavy atom. The molecule has 1 atom stereocenters. The van der Waals surface area contributed by atoms with E-state index >= 15 is 0 Å². The number of halogens is 1. The van der Waals surface area contributed by atoms with Crippen LogP contribution >= 0.6 is 11.6 Å². The number of piperidine rings is 1. The van der Waals surface area contributed by atoms with E-state index in [0.29, 0.717) is 12.5 Å². The molecule has 2 rings (SSSR count). The molecule has 0 radical (unpaired) electrons. The molecule has 1 aromatic carbocycles. The smallest absolute Gasteiger partial charge is 0.329 e. The lowest BCUT2D eigenvalue weighted by atomic mass is 10.0. The molecule has 1 aliphatic rings. The second-order valence-electron chi connectivity index (χ2n) is 4.37. The summed E-state index contributed by atoms with van der Waals surface area (Å²) in [5.74, 6) is 0.649. The summed E-state index contributed by atoms with van der Waals surface area (Å²) in [7, 11) is 0. The van der Waals surface area contributed by atoms with Crippen LogP contribution in [0, 0.1) is 16.0 Å². The first-order valence-electron chi connectivity index (χ1n) is 5.95. The minimum Gasteiger partial charge on any atom is -0.486 e. The second kappa shape index (κ2) is 6.02. The highest BCUT2D eigenvalue weighted by molar-refractivity contribution is 6.32. The summed E-state index contributed by atoms with van der Waals surface area (Å²) in [5, 5.41) is 14.3. The summed E-state index contributed by atoms with van der Waals surface area (Å²) in [6, 6.07) is 4.73. The van der Waals surface area contributed by atoms with Crippen molar-refractivity contribution < 1.29 is 9.66 Å². The van der Waals surface area contributed by atoms with Gasteiger partial charge < -0.3 is 10.1 Å². The number of benzene rings is 1. The Balaban J connectivity index is 2.04. The highest BCUT2D eigenvalue weighted by Crippen LogP contribution is 2.34. The molecule has 1 saturated heterocycles. The van der Waals surface area contributed by atoms with Gasteiger partial charge in [0.05, 0.1) is 11.5 Å². The maximum atomic E-state index is 10.9. The first-order valence-corrected chi connectivity index (χ1v) is 6.32. The molecule has 5 nitrogen and oxygen atoms in total. The molecule has 98 valence electrons. The van der Waals surface area contributed by atoms with Crippen LogP contribution in [0.2, 0.25) is 5.02 Å². The van der Waals surface area contributed by atoms with E-state index in [1.54, 1.807) is 12.1 Å². The summed E-state index contributed by atoms with van der Waals surface area (Å²) in [6.45, 7) is 2.41. The predicted octanol–water partition coefficient (Wildman–Crippen LogP) is 2.63. The Kier molecular flexibility index (Phi) is 4.38. The average Bonchev–Trinajstić information content (AvgIpc) is 2.37. The Morgan fingerprint density at radius 1 is 1.56 bits per heavy atom. The zero-order valence-electron chi connectivity index (χ0n) is 9.89. The molecule has 0 amide bonds. The molecule has 1 unspecified atom stereocenters. The monoisotopic (exact) mass is 270 g/mol. The van der Waals surface area contributed by atoms with Gasteiger partial charge >= 0.3 is 5.69 Å². The first kappa shape index (κ1) is 13.1. The fourth-order valence-electron chi connectivity index (χ4n) is 2.06. The topological polar surface area (TPSA) is 64.4 Å². The van der Waals surface area contributed by atoms with Gasteiger partial charge in [0.25, 0.3) is 0 Å². The summed E-state index contributed by atoms with van der Waals surface area (Å²) in [6.07, 6.45) is 2.20. The molecule has 0 aromatic heterocycles. The Hall–Kier alpha value is -1.33. The maximum absolute atomic E-state index is 10.9. The van der Waals surface area contributed by atoms with Crippen molar-refractivity contribution in [2.24, 2.45) is 5.92 Å². The zero-order valence-corrected chi connectivity index (χ0v) is 10.7. The van der Waals surface area contributed by atoms with Crippen molar-refractivity contribution in [3.8, 4) is 5.75 Å². The van der Waals surface area contributed by atoms with E-state index < -0.39 is 4.92 Å². The van der Waals surface area contributed by atoms with Gasteiger partial charge in [-0.1, -0.05) is 17.7 Å². The highest BCUT2D eigenvalue weighted by atomic mass is 35.5. The van der Waals surface area contributed by atoms with Gasteiger partial charge in [-0.25, -0.2) is 0 Å². The van der Waals surface area contributed by atoms with E-state index in [1.165, 1.54) is 6.07 Å². The number of nitro groups is 1. The Bertz CT molecular complexity index is 433.